The van der Waals surface area contributed by atoms with Crippen LogP contribution in [0.2, 0.25) is 0 Å². The van der Waals surface area contributed by atoms with Crippen LogP contribution in [0.1, 0.15) is 194 Å². The van der Waals surface area contributed by atoms with Gasteiger partial charge in [0, 0.05) is 12.8 Å². The van der Waals surface area contributed by atoms with Crippen molar-refractivity contribution in [2.45, 2.75) is 212 Å². The van der Waals surface area contributed by atoms with Gasteiger partial charge in [-0.3, -0.25) is 23.2 Å². The molecular formula is C48H88O14P2. The van der Waals surface area contributed by atoms with Crippen molar-refractivity contribution in [3.63, 3.8) is 0 Å². The van der Waals surface area contributed by atoms with Crippen molar-refractivity contribution in [1.82, 2.24) is 0 Å². The van der Waals surface area contributed by atoms with Crippen LogP contribution in [-0.2, 0) is 41.8 Å². The third kappa shape index (κ3) is 46.6. The number of aliphatic hydroxyl groups excluding tert-OH is 2. The van der Waals surface area contributed by atoms with Crippen molar-refractivity contribution in [1.29, 1.82) is 0 Å². The predicted molar refractivity (Wildman–Crippen MR) is 254 cm³/mol. The quantitative estimate of drug-likeness (QED) is 0.0166. The lowest BCUT2D eigenvalue weighted by molar-refractivity contribution is -0.161. The standard InChI is InChI=1S/C48H88O14P2/c1-4-34-44(49)36-31-27-23-19-15-11-9-13-16-20-24-28-32-37-47(51)58-41-46(42-61-64(56,57)60-40-45(50)39-59-63(53,54)55)62-48(52)38-33-29-25-21-17-12-8-6-5-7-10-14-18-22-26-30-35-43(2)3/h9,13,15,19-20,24,27,31,43-46,49-50H,4-8,10-12,14,16-18,21-23,25-26,28-30,32-42H2,1-3H3,(H,56,57)(H2,53,54,55)/b13-9-,19-15-,24-20-,31-27-/t44?,45-,46+/m0/s1. The van der Waals surface area contributed by atoms with Crippen molar-refractivity contribution >= 4 is 27.6 Å². The van der Waals surface area contributed by atoms with Crippen molar-refractivity contribution in [3.8, 4) is 0 Å². The summed E-state index contributed by atoms with van der Waals surface area (Å²) in [6.07, 6.45) is 40.3. The van der Waals surface area contributed by atoms with E-state index in [4.69, 9.17) is 28.3 Å². The maximum Gasteiger partial charge on any atom is 0.472 e. The van der Waals surface area contributed by atoms with Crippen LogP contribution in [0.15, 0.2) is 48.6 Å². The summed E-state index contributed by atoms with van der Waals surface area (Å²) >= 11 is 0. The van der Waals surface area contributed by atoms with Gasteiger partial charge in [0.25, 0.3) is 0 Å². The first-order valence-corrected chi connectivity index (χ1v) is 27.3. The number of esters is 2. The Morgan fingerprint density at radius 3 is 1.48 bits per heavy atom. The lowest BCUT2D eigenvalue weighted by Gasteiger charge is -2.20. The summed E-state index contributed by atoms with van der Waals surface area (Å²) in [5.74, 6) is -0.295. The highest BCUT2D eigenvalue weighted by molar-refractivity contribution is 7.47. The van der Waals surface area contributed by atoms with Gasteiger partial charge in [-0.1, -0.05) is 179 Å². The van der Waals surface area contributed by atoms with E-state index in [1.165, 1.54) is 83.5 Å². The fraction of sp³-hybridized carbons (Fsp3) is 0.792. The number of unbranched alkanes of at least 4 members (excludes halogenated alkanes) is 16. The molecule has 0 bridgehead atoms. The van der Waals surface area contributed by atoms with E-state index in [9.17, 15) is 33.8 Å². The summed E-state index contributed by atoms with van der Waals surface area (Å²) in [7, 11) is -9.71. The molecule has 0 spiro atoms. The number of carbonyl (C=O) groups excluding carboxylic acids is 2. The third-order valence-corrected chi connectivity index (χ3v) is 11.6. The average molecular weight is 951 g/mol. The van der Waals surface area contributed by atoms with Crippen LogP contribution >= 0.6 is 15.6 Å². The molecule has 0 aromatic carbocycles. The van der Waals surface area contributed by atoms with Gasteiger partial charge in [0.05, 0.1) is 25.9 Å². The molecule has 16 heteroatoms. The number of hydrogen-bond donors (Lipinski definition) is 5. The zero-order valence-electron chi connectivity index (χ0n) is 39.7. The first-order valence-electron chi connectivity index (χ1n) is 24.3. The first kappa shape index (κ1) is 62.0. The Hall–Kier alpha value is -1.96. The van der Waals surface area contributed by atoms with Gasteiger partial charge in [-0.05, 0) is 57.3 Å². The number of phosphoric ester groups is 2. The maximum atomic E-state index is 12.7. The molecule has 374 valence electrons. The molecule has 0 saturated heterocycles. The molecule has 2 unspecified atom stereocenters. The number of hydrogen-bond acceptors (Lipinski definition) is 11. The molecule has 0 fully saturated rings. The van der Waals surface area contributed by atoms with E-state index in [0.29, 0.717) is 25.7 Å². The number of rotatable bonds is 45. The van der Waals surface area contributed by atoms with Crippen molar-refractivity contribution in [3.05, 3.63) is 48.6 Å². The second-order valence-electron chi connectivity index (χ2n) is 17.0. The minimum Gasteiger partial charge on any atom is -0.462 e. The number of phosphoric acid groups is 2. The fourth-order valence-corrected chi connectivity index (χ4v) is 7.70. The summed E-state index contributed by atoms with van der Waals surface area (Å²) in [4.78, 5) is 52.8. The van der Waals surface area contributed by atoms with Gasteiger partial charge in [-0.15, -0.1) is 0 Å². The zero-order chi connectivity index (χ0) is 47.6. The topological polar surface area (TPSA) is 216 Å². The molecule has 0 aromatic heterocycles. The molecule has 0 aliphatic heterocycles. The third-order valence-electron chi connectivity index (χ3n) is 10.2. The zero-order valence-corrected chi connectivity index (χ0v) is 41.4. The summed E-state index contributed by atoms with van der Waals surface area (Å²) in [5, 5.41) is 19.5. The highest BCUT2D eigenvalue weighted by Crippen LogP contribution is 2.43. The highest BCUT2D eigenvalue weighted by Gasteiger charge is 2.28. The highest BCUT2D eigenvalue weighted by atomic mass is 31.2. The Bertz CT molecular complexity index is 1350. The van der Waals surface area contributed by atoms with E-state index in [1.54, 1.807) is 0 Å². The van der Waals surface area contributed by atoms with Crippen molar-refractivity contribution < 1.29 is 66.7 Å². The minimum atomic E-state index is -4.88. The number of allylic oxidation sites excluding steroid dienone is 7. The molecule has 64 heavy (non-hydrogen) atoms. The molecule has 0 amide bonds. The monoisotopic (exact) mass is 951 g/mol. The number of ether oxygens (including phenoxy) is 2. The van der Waals surface area contributed by atoms with Gasteiger partial charge < -0.3 is 34.4 Å². The van der Waals surface area contributed by atoms with Crippen molar-refractivity contribution in [2.75, 3.05) is 26.4 Å². The second kappa shape index (κ2) is 42.4. The molecular weight excluding hydrogens is 862 g/mol. The van der Waals surface area contributed by atoms with E-state index in [1.807, 2.05) is 18.2 Å². The van der Waals surface area contributed by atoms with Gasteiger partial charge in [0.1, 0.15) is 12.7 Å². The first-order chi connectivity index (χ1) is 30.6. The average Bonchev–Trinajstić information content (AvgIpc) is 3.23. The summed E-state index contributed by atoms with van der Waals surface area (Å²) in [6, 6.07) is 0. The summed E-state index contributed by atoms with van der Waals surface area (Å²) < 4.78 is 47.8. The molecule has 0 rings (SSSR count). The molecule has 0 saturated carbocycles. The van der Waals surface area contributed by atoms with Crippen LogP contribution in [0, 0.1) is 5.92 Å². The van der Waals surface area contributed by atoms with Crippen LogP contribution in [0.4, 0.5) is 0 Å². The minimum absolute atomic E-state index is 0.105. The molecule has 0 aromatic rings. The Balaban J connectivity index is 4.53. The van der Waals surface area contributed by atoms with E-state index < -0.39 is 66.2 Å². The van der Waals surface area contributed by atoms with Crippen LogP contribution in [-0.4, -0.2) is 81.6 Å². The largest absolute Gasteiger partial charge is 0.472 e. The van der Waals surface area contributed by atoms with Gasteiger partial charge in [0.15, 0.2) is 6.10 Å². The summed E-state index contributed by atoms with van der Waals surface area (Å²) in [5.41, 5.74) is 0. The molecule has 0 aliphatic rings. The summed E-state index contributed by atoms with van der Waals surface area (Å²) in [6.45, 7) is 3.85. The van der Waals surface area contributed by atoms with E-state index >= 15 is 0 Å². The fourth-order valence-electron chi connectivity index (χ4n) is 6.54. The molecule has 0 aliphatic carbocycles. The lowest BCUT2D eigenvalue weighted by atomic mass is 10.0. The van der Waals surface area contributed by atoms with Crippen molar-refractivity contribution in [2.24, 2.45) is 5.92 Å². The van der Waals surface area contributed by atoms with E-state index in [2.05, 4.69) is 55.7 Å². The normalized spacial score (nSPS) is 14.9. The van der Waals surface area contributed by atoms with Gasteiger partial charge in [-0.25, -0.2) is 9.13 Å². The molecule has 14 nitrogen and oxygen atoms in total. The molecule has 0 radical (unpaired) electrons. The van der Waals surface area contributed by atoms with Gasteiger partial charge in [0.2, 0.25) is 0 Å². The SMILES string of the molecule is CCCC(O)C/C=C\C/C=C\C/C=C\C/C=C\CCCC(=O)OC[C@H](COP(=O)(O)OC[C@@H](O)COP(=O)(O)O)OC(=O)CCCCCCCCCCCCCCCCCCC(C)C. The maximum absolute atomic E-state index is 12.7. The Morgan fingerprint density at radius 2 is 0.969 bits per heavy atom. The van der Waals surface area contributed by atoms with E-state index in [0.717, 1.165) is 57.3 Å². The van der Waals surface area contributed by atoms with Crippen LogP contribution in [0.3, 0.4) is 0 Å². The Morgan fingerprint density at radius 1 is 0.516 bits per heavy atom. The van der Waals surface area contributed by atoms with Gasteiger partial charge in [-0.2, -0.15) is 0 Å². The van der Waals surface area contributed by atoms with Crippen LogP contribution in [0.25, 0.3) is 0 Å². The second-order valence-corrected chi connectivity index (χ2v) is 19.7. The van der Waals surface area contributed by atoms with Crippen LogP contribution in [0.5, 0.6) is 0 Å². The van der Waals surface area contributed by atoms with Crippen LogP contribution < -0.4 is 0 Å². The molecule has 5 N–H and O–H groups in total. The van der Waals surface area contributed by atoms with Gasteiger partial charge >= 0.3 is 27.6 Å². The van der Waals surface area contributed by atoms with E-state index in [-0.39, 0.29) is 18.9 Å². The number of carbonyl (C=O) groups is 2. The Labute approximate surface area is 386 Å². The molecule has 4 atom stereocenters. The smallest absolute Gasteiger partial charge is 0.462 e. The predicted octanol–water partition coefficient (Wildman–Crippen LogP) is 11.8. The lowest BCUT2D eigenvalue weighted by Crippen LogP contribution is -2.30. The Kier molecular flexibility index (Phi) is 41.1. The number of aliphatic hydroxyl groups is 2. The molecule has 0 heterocycles.